The molecule has 1 aromatic heterocycles. The number of aromatic nitrogens is 4. The van der Waals surface area contributed by atoms with Crippen LogP contribution in [0, 0.1) is 0 Å². The molecule has 0 bridgehead atoms. The minimum atomic E-state index is -5.46. The van der Waals surface area contributed by atoms with Gasteiger partial charge in [-0.3, -0.25) is 0 Å². The van der Waals surface area contributed by atoms with Crippen molar-refractivity contribution in [2.75, 3.05) is 12.3 Å². The Hall–Kier alpha value is 2.68. The van der Waals surface area contributed by atoms with Gasteiger partial charge in [0, 0.05) is 12.8 Å². The smallest absolute Gasteiger partial charge is 0.809 e. The summed E-state index contributed by atoms with van der Waals surface area (Å²) in [5, 5.41) is 13.8. The largest absolute Gasteiger partial charge is 1.00 e. The Bertz CT molecular complexity index is 566. The molecule has 2 N–H and O–H groups in total. The summed E-state index contributed by atoms with van der Waals surface area (Å²) in [5.41, 5.74) is -2.46. The van der Waals surface area contributed by atoms with Gasteiger partial charge in [-0.05, 0) is 37.4 Å². The molecule has 134 valence electrons. The molecule has 0 aromatic carbocycles. The van der Waals surface area contributed by atoms with Crippen LogP contribution in [-0.4, -0.2) is 42.9 Å². The van der Waals surface area contributed by atoms with Gasteiger partial charge in [0.25, 0.3) is 0 Å². The van der Waals surface area contributed by atoms with Gasteiger partial charge in [-0.1, -0.05) is 24.6 Å². The van der Waals surface area contributed by atoms with Gasteiger partial charge in [0.1, 0.15) is 0 Å². The first-order chi connectivity index (χ1) is 10.6. The average Bonchev–Trinajstić information content (AvgIpc) is 2.79. The minimum Gasteiger partial charge on any atom is -0.809 e. The quantitative estimate of drug-likeness (QED) is 0.140. The summed E-state index contributed by atoms with van der Waals surface area (Å²) in [4.78, 5) is 41.2. The third-order valence-electron chi connectivity index (χ3n) is 2.82. The minimum absolute atomic E-state index is 0. The van der Waals surface area contributed by atoms with Gasteiger partial charge in [0.05, 0.1) is 5.52 Å². The van der Waals surface area contributed by atoms with Crippen LogP contribution in [0.1, 0.15) is 25.7 Å². The Morgan fingerprint density at radius 2 is 1.73 bits per heavy atom. The molecule has 1 rings (SSSR count). The fraction of sp³-hybridized carbons (Fsp3) is 0.889. The number of hydrogen-bond acceptors (Lipinski definition) is 10. The van der Waals surface area contributed by atoms with E-state index in [1.165, 1.54) is 11.8 Å². The van der Waals surface area contributed by atoms with Crippen LogP contribution < -0.4 is 109 Å². The van der Waals surface area contributed by atoms with E-state index in [4.69, 9.17) is 4.89 Å². The summed E-state index contributed by atoms with van der Waals surface area (Å²) >= 11 is 1.51. The second kappa shape index (κ2) is 16.4. The zero-order valence-corrected chi connectivity index (χ0v) is 24.0. The first-order valence-corrected chi connectivity index (χ1v) is 11.0. The molecular weight excluding hydrogens is 437 g/mol. The zero-order valence-electron chi connectivity index (χ0n) is 15.4. The Morgan fingerprint density at radius 3 is 2.19 bits per heavy atom. The van der Waals surface area contributed by atoms with Crippen molar-refractivity contribution in [1.29, 1.82) is 0 Å². The molecule has 1 heterocycles. The van der Waals surface area contributed by atoms with Gasteiger partial charge >= 0.3 is 88.7 Å². The first-order valence-electron chi connectivity index (χ1n) is 6.76. The van der Waals surface area contributed by atoms with E-state index in [1.807, 2.05) is 0 Å². The second-order valence-electron chi connectivity index (χ2n) is 4.78. The van der Waals surface area contributed by atoms with Crippen LogP contribution in [0.2, 0.25) is 0 Å². The van der Waals surface area contributed by atoms with Gasteiger partial charge in [0.2, 0.25) is 5.16 Å². The van der Waals surface area contributed by atoms with E-state index in [1.54, 1.807) is 11.7 Å². The molecule has 1 aromatic rings. The molecular formula is C9H18N5Na3O6P2S. The van der Waals surface area contributed by atoms with Crippen LogP contribution in [0.25, 0.3) is 0 Å². The Balaban J connectivity index is -0.00000176. The molecule has 0 aliphatic rings. The van der Waals surface area contributed by atoms with Crippen LogP contribution in [0.4, 0.5) is 0 Å². The number of nitrogens with one attached hydrogen (secondary N) is 1. The number of hydrogen-bond donors (Lipinski definition) is 2. The third-order valence-corrected chi connectivity index (χ3v) is 7.22. The predicted octanol–water partition coefficient (Wildman–Crippen LogP) is -10.8. The van der Waals surface area contributed by atoms with Crippen LogP contribution in [0.15, 0.2) is 5.16 Å². The van der Waals surface area contributed by atoms with Crippen LogP contribution in [-0.2, 0) is 16.2 Å². The van der Waals surface area contributed by atoms with Crippen molar-refractivity contribution in [2.45, 2.75) is 36.4 Å². The number of unbranched alkanes of at least 4 members (excludes halogenated alkanes) is 3. The first kappa shape index (κ1) is 33.3. The number of aryl methyl sites for hydroxylation is 1. The Labute approximate surface area is 222 Å². The van der Waals surface area contributed by atoms with Crippen molar-refractivity contribution < 1.29 is 117 Å². The maximum absolute atomic E-state index is 10.9. The Kier molecular flexibility index (Phi) is 21.0. The molecule has 2 atom stereocenters. The summed E-state index contributed by atoms with van der Waals surface area (Å²) in [6.45, 7) is 0.00623. The van der Waals surface area contributed by atoms with Gasteiger partial charge in [-0.2, -0.15) is 0 Å². The van der Waals surface area contributed by atoms with E-state index in [9.17, 15) is 23.8 Å². The van der Waals surface area contributed by atoms with Crippen LogP contribution in [0.3, 0.4) is 0 Å². The van der Waals surface area contributed by atoms with Crippen molar-refractivity contribution in [2.24, 2.45) is 7.05 Å². The molecule has 0 saturated carbocycles. The molecule has 0 fully saturated rings. The molecule has 0 radical (unpaired) electrons. The maximum atomic E-state index is 10.9. The van der Waals surface area contributed by atoms with Gasteiger partial charge in [-0.15, -0.1) is 5.10 Å². The molecule has 0 aliphatic carbocycles. The van der Waals surface area contributed by atoms with E-state index >= 15 is 0 Å². The predicted molar refractivity (Wildman–Crippen MR) is 77.2 cm³/mol. The fourth-order valence-corrected chi connectivity index (χ4v) is 4.72. The van der Waals surface area contributed by atoms with Crippen LogP contribution >= 0.6 is 27.0 Å². The maximum Gasteiger partial charge on any atom is 1.00 e. The average molecular weight is 455 g/mol. The number of rotatable bonds is 11. The molecule has 17 heteroatoms. The van der Waals surface area contributed by atoms with Gasteiger partial charge < -0.3 is 34.0 Å². The molecule has 0 spiro atoms. The van der Waals surface area contributed by atoms with Crippen molar-refractivity contribution in [3.63, 3.8) is 0 Å². The van der Waals surface area contributed by atoms with E-state index in [-0.39, 0.29) is 95.2 Å². The molecule has 0 saturated heterocycles. The number of nitrogens with zero attached hydrogens (tertiary/aromatic N) is 4. The molecule has 0 amide bonds. The van der Waals surface area contributed by atoms with E-state index in [0.29, 0.717) is 18.0 Å². The molecule has 11 nitrogen and oxygen atoms in total. The number of thioether (sulfide) groups is 1. The molecule has 2 unspecified atom stereocenters. The fourth-order valence-electron chi connectivity index (χ4n) is 1.72. The van der Waals surface area contributed by atoms with E-state index in [2.05, 4.69) is 20.8 Å². The summed E-state index contributed by atoms with van der Waals surface area (Å²) in [6, 6.07) is 0. The van der Waals surface area contributed by atoms with Crippen molar-refractivity contribution >= 4 is 27.0 Å². The topological polar surface area (TPSA) is 179 Å². The van der Waals surface area contributed by atoms with Crippen molar-refractivity contribution in [1.82, 2.24) is 25.5 Å². The zero-order chi connectivity index (χ0) is 17.5. The third kappa shape index (κ3) is 13.8. The van der Waals surface area contributed by atoms with Crippen molar-refractivity contribution in [3.05, 3.63) is 0 Å². The second-order valence-corrected chi connectivity index (χ2v) is 9.49. The van der Waals surface area contributed by atoms with Gasteiger partial charge in [-0.25, -0.2) is 4.68 Å². The van der Waals surface area contributed by atoms with Crippen molar-refractivity contribution in [3.8, 4) is 0 Å². The summed E-state index contributed by atoms with van der Waals surface area (Å²) in [6.07, 6.45) is 2.91. The van der Waals surface area contributed by atoms with E-state index < -0.39 is 20.7 Å². The molecule has 26 heavy (non-hydrogen) atoms. The standard InChI is InChI=1S/C9H21N5O6P2S.3Na/c1-14-8(11-12-13-14)23-7-5-3-2-4-6-10-9(21(15,16)17)22(18,19)20;;;/h9-10H,2-7H2,1H3,(H2,15,16,17)(H2,18,19,20);;;/q;3*+1/p-3. The summed E-state index contributed by atoms with van der Waals surface area (Å²) < 4.78 is 23.2. The monoisotopic (exact) mass is 455 g/mol. The number of tetrazole rings is 1. The molecule has 0 aliphatic heterocycles. The van der Waals surface area contributed by atoms with Gasteiger partial charge in [0.15, 0.2) is 7.60 Å². The Morgan fingerprint density at radius 1 is 1.15 bits per heavy atom. The normalized spacial score (nSPS) is 14.3. The summed E-state index contributed by atoms with van der Waals surface area (Å²) in [5.74, 6) is 0.812. The SMILES string of the molecule is Cn1nnnc1SCCCCCCNC(P(=O)([O-])[O-])P(=O)([O-])O.[Na+].[Na+].[Na+]. The summed E-state index contributed by atoms with van der Waals surface area (Å²) in [7, 11) is -8.99. The van der Waals surface area contributed by atoms with Crippen LogP contribution in [0.5, 0.6) is 0 Å². The van der Waals surface area contributed by atoms with E-state index in [0.717, 1.165) is 18.6 Å².